The second-order valence-electron chi connectivity index (χ2n) is 5.22. The number of carbonyl (C=O) groups excluding carboxylic acids is 1. The molecule has 0 radical (unpaired) electrons. The molecule has 0 bridgehead atoms. The topological polar surface area (TPSA) is 52.9 Å². The van der Waals surface area contributed by atoms with E-state index in [1.54, 1.807) is 6.08 Å². The second kappa shape index (κ2) is 3.85. The highest BCUT2D eigenvalue weighted by molar-refractivity contribution is 5.64. The Morgan fingerprint density at radius 3 is 2.89 bits per heavy atom. The van der Waals surface area contributed by atoms with Crippen LogP contribution >= 0.6 is 0 Å². The van der Waals surface area contributed by atoms with Crippen LogP contribution in [0.1, 0.15) is 30.4 Å². The van der Waals surface area contributed by atoms with Crippen molar-refractivity contribution in [1.29, 1.82) is 0 Å². The molecule has 1 fully saturated rings. The Labute approximate surface area is 106 Å². The molecule has 4 heteroatoms. The van der Waals surface area contributed by atoms with Crippen molar-refractivity contribution in [1.82, 2.24) is 0 Å². The normalized spacial score (nSPS) is 19.9. The fraction of sp³-hybridized carbons (Fsp3) is 0.500. The summed E-state index contributed by atoms with van der Waals surface area (Å²) in [4.78, 5) is 16.5. The minimum atomic E-state index is -0.489. The lowest BCUT2D eigenvalue weighted by atomic mass is 9.94. The summed E-state index contributed by atoms with van der Waals surface area (Å²) in [5.41, 5.74) is 2.39. The van der Waals surface area contributed by atoms with Crippen molar-refractivity contribution < 1.29 is 9.90 Å². The van der Waals surface area contributed by atoms with E-state index in [0.29, 0.717) is 5.75 Å². The zero-order valence-electron chi connectivity index (χ0n) is 10.4. The van der Waals surface area contributed by atoms with E-state index in [2.05, 4.69) is 9.89 Å². The molecule has 0 spiro atoms. The minimum Gasteiger partial charge on any atom is -0.507 e. The molecule has 0 unspecified atom stereocenters. The predicted octanol–water partition coefficient (Wildman–Crippen LogP) is 2.10. The zero-order valence-corrected chi connectivity index (χ0v) is 10.4. The van der Waals surface area contributed by atoms with Gasteiger partial charge in [-0.3, -0.25) is 0 Å². The van der Waals surface area contributed by atoms with Gasteiger partial charge in [0.05, 0.1) is 0 Å². The number of phenols is 1. The highest BCUT2D eigenvalue weighted by Crippen LogP contribution is 2.54. The quantitative estimate of drug-likeness (QED) is 0.640. The van der Waals surface area contributed by atoms with Crippen LogP contribution < -0.4 is 4.90 Å². The molecule has 1 heterocycles. The Bertz CT molecular complexity index is 543. The standard InChI is InChI=1S/C14H16N2O2/c1-16-8-2-3-10-12(16)5-4-11(13(10)18)14(6-7-14)15-9-17/h4-5,18H,2-3,6-8H2,1H3. The number of nitrogens with zero attached hydrogens (tertiary/aromatic N) is 2. The zero-order chi connectivity index (χ0) is 12.8. The van der Waals surface area contributed by atoms with E-state index in [-0.39, 0.29) is 0 Å². The monoisotopic (exact) mass is 244 g/mol. The molecular formula is C14H16N2O2. The maximum atomic E-state index is 10.5. The number of aromatic hydroxyl groups is 1. The molecule has 4 nitrogen and oxygen atoms in total. The lowest BCUT2D eigenvalue weighted by Crippen LogP contribution is -2.25. The van der Waals surface area contributed by atoms with Crippen LogP contribution in [0.2, 0.25) is 0 Å². The number of benzene rings is 1. The van der Waals surface area contributed by atoms with Crippen molar-refractivity contribution in [3.8, 4) is 5.75 Å². The van der Waals surface area contributed by atoms with Crippen LogP contribution in [-0.4, -0.2) is 24.8 Å². The van der Waals surface area contributed by atoms with Gasteiger partial charge in [-0.2, -0.15) is 4.99 Å². The van der Waals surface area contributed by atoms with Crippen LogP contribution in [0.25, 0.3) is 0 Å². The third-order valence-corrected chi connectivity index (χ3v) is 4.07. The SMILES string of the molecule is CN1CCCc2c1ccc(C1(N=C=O)CC1)c2O. The molecule has 0 aromatic heterocycles. The van der Waals surface area contributed by atoms with Gasteiger partial charge in [0, 0.05) is 30.4 Å². The molecule has 0 atom stereocenters. The molecule has 0 saturated heterocycles. The van der Waals surface area contributed by atoms with Crippen LogP contribution in [0.15, 0.2) is 17.1 Å². The average Bonchev–Trinajstić information content (AvgIpc) is 3.12. The fourth-order valence-corrected chi connectivity index (χ4v) is 2.87. The second-order valence-corrected chi connectivity index (χ2v) is 5.22. The molecule has 0 amide bonds. The molecule has 1 saturated carbocycles. The van der Waals surface area contributed by atoms with Crippen molar-refractivity contribution >= 4 is 11.8 Å². The Morgan fingerprint density at radius 1 is 1.44 bits per heavy atom. The first-order valence-corrected chi connectivity index (χ1v) is 6.33. The van der Waals surface area contributed by atoms with Crippen molar-refractivity contribution in [2.75, 3.05) is 18.5 Å². The molecule has 18 heavy (non-hydrogen) atoms. The summed E-state index contributed by atoms with van der Waals surface area (Å²) in [5.74, 6) is 0.329. The molecule has 1 aromatic rings. The summed E-state index contributed by atoms with van der Waals surface area (Å²) >= 11 is 0. The van der Waals surface area contributed by atoms with E-state index in [9.17, 15) is 9.90 Å². The third-order valence-electron chi connectivity index (χ3n) is 4.07. The number of fused-ring (bicyclic) bond motifs is 1. The van der Waals surface area contributed by atoms with Gasteiger partial charge >= 0.3 is 0 Å². The number of hydrogen-bond donors (Lipinski definition) is 1. The van der Waals surface area contributed by atoms with Crippen LogP contribution in [0, 0.1) is 0 Å². The van der Waals surface area contributed by atoms with Crippen molar-refractivity contribution in [3.05, 3.63) is 23.3 Å². The highest BCUT2D eigenvalue weighted by Gasteiger charge is 2.47. The summed E-state index contributed by atoms with van der Waals surface area (Å²) in [6, 6.07) is 3.94. The Kier molecular flexibility index (Phi) is 2.42. The van der Waals surface area contributed by atoms with Crippen LogP contribution in [0.3, 0.4) is 0 Å². The number of aliphatic imine (C=N–C) groups is 1. The van der Waals surface area contributed by atoms with Gasteiger partial charge in [-0.15, -0.1) is 0 Å². The molecule has 1 aliphatic heterocycles. The first-order chi connectivity index (χ1) is 8.68. The summed E-state index contributed by atoms with van der Waals surface area (Å²) in [6.07, 6.45) is 5.22. The first kappa shape index (κ1) is 11.3. The molecule has 94 valence electrons. The minimum absolute atomic E-state index is 0.329. The van der Waals surface area contributed by atoms with Crippen LogP contribution in [0.5, 0.6) is 5.75 Å². The van der Waals surface area contributed by atoms with Crippen LogP contribution in [-0.2, 0) is 16.8 Å². The lowest BCUT2D eigenvalue weighted by molar-refractivity contribution is 0.450. The number of isocyanates is 1. The number of anilines is 1. The van der Waals surface area contributed by atoms with Crippen LogP contribution in [0.4, 0.5) is 5.69 Å². The molecule has 3 rings (SSSR count). The van der Waals surface area contributed by atoms with Gasteiger partial charge in [0.1, 0.15) is 11.3 Å². The first-order valence-electron chi connectivity index (χ1n) is 6.33. The summed E-state index contributed by atoms with van der Waals surface area (Å²) in [6.45, 7) is 1.02. The predicted molar refractivity (Wildman–Crippen MR) is 68.7 cm³/mol. The number of phenolic OH excluding ortho intramolecular Hbond substituents is 1. The van der Waals surface area contributed by atoms with E-state index in [1.807, 2.05) is 19.2 Å². The van der Waals surface area contributed by atoms with Gasteiger partial charge < -0.3 is 10.0 Å². The molecule has 1 N–H and O–H groups in total. The average molecular weight is 244 g/mol. The van der Waals surface area contributed by atoms with E-state index in [1.165, 1.54) is 0 Å². The van der Waals surface area contributed by atoms with E-state index in [4.69, 9.17) is 0 Å². The maximum Gasteiger partial charge on any atom is 0.235 e. The van der Waals surface area contributed by atoms with Gasteiger partial charge in [0.25, 0.3) is 0 Å². The van der Waals surface area contributed by atoms with Gasteiger partial charge in [-0.05, 0) is 31.7 Å². The lowest BCUT2D eigenvalue weighted by Gasteiger charge is -2.29. The smallest absolute Gasteiger partial charge is 0.235 e. The fourth-order valence-electron chi connectivity index (χ4n) is 2.87. The molecule has 1 aromatic carbocycles. The summed E-state index contributed by atoms with van der Waals surface area (Å²) in [7, 11) is 2.04. The van der Waals surface area contributed by atoms with Crippen molar-refractivity contribution in [3.63, 3.8) is 0 Å². The molecule has 1 aliphatic carbocycles. The van der Waals surface area contributed by atoms with Gasteiger partial charge in [0.2, 0.25) is 6.08 Å². The van der Waals surface area contributed by atoms with Gasteiger partial charge in [0.15, 0.2) is 0 Å². The van der Waals surface area contributed by atoms with E-state index >= 15 is 0 Å². The van der Waals surface area contributed by atoms with E-state index < -0.39 is 5.54 Å². The van der Waals surface area contributed by atoms with E-state index in [0.717, 1.165) is 49.0 Å². The Morgan fingerprint density at radius 2 is 2.22 bits per heavy atom. The van der Waals surface area contributed by atoms with Gasteiger partial charge in [-0.1, -0.05) is 6.07 Å². The maximum absolute atomic E-state index is 10.5. The Hall–Kier alpha value is -1.80. The number of rotatable bonds is 2. The van der Waals surface area contributed by atoms with Crippen molar-refractivity contribution in [2.45, 2.75) is 31.2 Å². The largest absolute Gasteiger partial charge is 0.507 e. The molecular weight excluding hydrogens is 228 g/mol. The molecule has 2 aliphatic rings. The Balaban J connectivity index is 2.11. The summed E-state index contributed by atoms with van der Waals surface area (Å²) in [5, 5.41) is 10.4. The third kappa shape index (κ3) is 1.53. The van der Waals surface area contributed by atoms with Gasteiger partial charge in [-0.25, -0.2) is 4.79 Å². The highest BCUT2D eigenvalue weighted by atomic mass is 16.3. The van der Waals surface area contributed by atoms with Crippen molar-refractivity contribution in [2.24, 2.45) is 4.99 Å². The number of hydrogen-bond acceptors (Lipinski definition) is 4. The summed E-state index contributed by atoms with van der Waals surface area (Å²) < 4.78 is 0.